The van der Waals surface area contributed by atoms with Crippen LogP contribution in [0.3, 0.4) is 0 Å². The van der Waals surface area contributed by atoms with Crippen molar-refractivity contribution in [2.24, 2.45) is 34.5 Å². The number of aliphatic hydroxyl groups is 1. The number of hydrogen-bond donors (Lipinski definition) is 1. The number of halogens is 1. The van der Waals surface area contributed by atoms with Crippen molar-refractivity contribution in [3.05, 3.63) is 0 Å². The van der Waals surface area contributed by atoms with E-state index in [0.29, 0.717) is 28.7 Å². The molecule has 0 spiro atoms. The maximum absolute atomic E-state index is 10.7. The predicted molar refractivity (Wildman–Crippen MR) is 98.2 cm³/mol. The van der Waals surface area contributed by atoms with E-state index in [9.17, 15) is 5.11 Å². The molecule has 4 rings (SSSR count). The minimum Gasteiger partial charge on any atom is -0.389 e. The molecule has 0 aromatic heterocycles. The van der Waals surface area contributed by atoms with Gasteiger partial charge in [-0.25, -0.2) is 0 Å². The molecule has 0 amide bonds. The van der Waals surface area contributed by atoms with Crippen molar-refractivity contribution in [1.29, 1.82) is 0 Å². The van der Waals surface area contributed by atoms with Gasteiger partial charge in [0.15, 0.2) is 0 Å². The van der Waals surface area contributed by atoms with Crippen LogP contribution in [0.5, 0.6) is 0 Å². The molecule has 0 heterocycles. The molecule has 4 aliphatic rings. The van der Waals surface area contributed by atoms with E-state index in [1.165, 1.54) is 44.9 Å². The van der Waals surface area contributed by atoms with Crippen molar-refractivity contribution >= 4 is 11.6 Å². The van der Waals surface area contributed by atoms with Crippen LogP contribution in [0.1, 0.15) is 71.6 Å². The largest absolute Gasteiger partial charge is 0.389 e. The molecule has 0 aliphatic heterocycles. The average Bonchev–Trinajstić information content (AvgIpc) is 2.92. The Morgan fingerprint density at radius 3 is 2.42 bits per heavy atom. The topological polar surface area (TPSA) is 29.5 Å². The second kappa shape index (κ2) is 5.86. The molecule has 0 bridgehead atoms. The summed E-state index contributed by atoms with van der Waals surface area (Å²) in [5.74, 6) is 3.66. The third-order valence-electron chi connectivity index (χ3n) is 9.27. The smallest absolute Gasteiger partial charge is 0.0785 e. The number of ether oxygens (including phenoxy) is 1. The number of methoxy groups -OCH3 is 1. The van der Waals surface area contributed by atoms with E-state index in [1.807, 2.05) is 7.11 Å². The van der Waals surface area contributed by atoms with Crippen LogP contribution in [0.4, 0.5) is 0 Å². The zero-order valence-corrected chi connectivity index (χ0v) is 16.4. The Balaban J connectivity index is 1.58. The highest BCUT2D eigenvalue weighted by atomic mass is 35.5. The Labute approximate surface area is 152 Å². The molecule has 1 N–H and O–H groups in total. The highest BCUT2D eigenvalue weighted by Gasteiger charge is 2.61. The highest BCUT2D eigenvalue weighted by Crippen LogP contribution is 2.67. The highest BCUT2D eigenvalue weighted by molar-refractivity contribution is 6.18. The van der Waals surface area contributed by atoms with E-state index in [0.717, 1.165) is 30.6 Å². The molecule has 4 unspecified atom stereocenters. The first-order valence-corrected chi connectivity index (χ1v) is 10.7. The van der Waals surface area contributed by atoms with E-state index >= 15 is 0 Å². The predicted octanol–water partition coefficient (Wildman–Crippen LogP) is 5.01. The Morgan fingerprint density at radius 2 is 1.71 bits per heavy atom. The fourth-order valence-electron chi connectivity index (χ4n) is 7.78. The summed E-state index contributed by atoms with van der Waals surface area (Å²) in [5, 5.41) is 10.7. The normalized spacial score (nSPS) is 57.1. The lowest BCUT2D eigenvalue weighted by atomic mass is 9.44. The quantitative estimate of drug-likeness (QED) is 0.706. The number of hydrogen-bond acceptors (Lipinski definition) is 2. The summed E-state index contributed by atoms with van der Waals surface area (Å²) >= 11 is 6.09. The van der Waals surface area contributed by atoms with Gasteiger partial charge in [0.2, 0.25) is 0 Å². The van der Waals surface area contributed by atoms with Gasteiger partial charge in [0, 0.05) is 7.11 Å². The SMILES string of the molecule is CO[C@H]1CCC2C3CCC4C[C@@](O)(CCl)CC[C@]4(C)C3CC[C@@]21C. The lowest BCUT2D eigenvalue weighted by Gasteiger charge is -2.61. The van der Waals surface area contributed by atoms with Crippen LogP contribution in [0.15, 0.2) is 0 Å². The van der Waals surface area contributed by atoms with Gasteiger partial charge in [-0.05, 0) is 92.3 Å². The first-order valence-electron chi connectivity index (χ1n) is 10.2. The average molecular weight is 355 g/mol. The van der Waals surface area contributed by atoms with Gasteiger partial charge in [-0.1, -0.05) is 13.8 Å². The minimum atomic E-state index is -0.601. The first kappa shape index (κ1) is 17.6. The second-order valence-corrected chi connectivity index (χ2v) is 10.3. The fourth-order valence-corrected chi connectivity index (χ4v) is 8.03. The molecule has 0 saturated heterocycles. The van der Waals surface area contributed by atoms with Crippen LogP contribution in [0.2, 0.25) is 0 Å². The molecular weight excluding hydrogens is 320 g/mol. The zero-order valence-electron chi connectivity index (χ0n) is 15.7. The second-order valence-electron chi connectivity index (χ2n) is 10.1. The molecule has 2 nitrogen and oxygen atoms in total. The van der Waals surface area contributed by atoms with E-state index in [1.54, 1.807) is 0 Å². The summed E-state index contributed by atoms with van der Waals surface area (Å²) in [4.78, 5) is 0. The molecule has 3 heteroatoms. The van der Waals surface area contributed by atoms with E-state index < -0.39 is 5.60 Å². The van der Waals surface area contributed by atoms with Gasteiger partial charge in [0.25, 0.3) is 0 Å². The Kier molecular flexibility index (Phi) is 4.30. The van der Waals surface area contributed by atoms with Crippen molar-refractivity contribution in [2.45, 2.75) is 83.3 Å². The van der Waals surface area contributed by atoms with Gasteiger partial charge in [0.05, 0.1) is 17.6 Å². The van der Waals surface area contributed by atoms with Crippen LogP contribution >= 0.6 is 11.6 Å². The number of rotatable bonds is 2. The maximum atomic E-state index is 10.7. The van der Waals surface area contributed by atoms with Crippen molar-refractivity contribution < 1.29 is 9.84 Å². The zero-order chi connectivity index (χ0) is 17.2. The maximum Gasteiger partial charge on any atom is 0.0785 e. The Bertz CT molecular complexity index is 496. The monoisotopic (exact) mass is 354 g/mol. The standard InChI is InChI=1S/C21H35ClO2/c1-19-10-11-21(23,13-22)12-14(19)4-5-15-16-6-7-18(24-3)20(16,2)9-8-17(15)19/h14-18,23H,4-13H2,1-3H3/t14?,15?,16?,17?,18-,19-,20-,21+/m0/s1. The lowest BCUT2D eigenvalue weighted by Crippen LogP contribution is -2.56. The molecule has 8 atom stereocenters. The summed E-state index contributed by atoms with van der Waals surface area (Å²) in [7, 11) is 1.91. The molecule has 138 valence electrons. The van der Waals surface area contributed by atoms with Gasteiger partial charge in [-0.3, -0.25) is 0 Å². The lowest BCUT2D eigenvalue weighted by molar-refractivity contribution is -0.152. The molecule has 0 radical (unpaired) electrons. The summed E-state index contributed by atoms with van der Waals surface area (Å²) in [5.41, 5.74) is 0.231. The number of alkyl halides is 1. The van der Waals surface area contributed by atoms with Crippen molar-refractivity contribution in [2.75, 3.05) is 13.0 Å². The van der Waals surface area contributed by atoms with Crippen molar-refractivity contribution in [3.63, 3.8) is 0 Å². The van der Waals surface area contributed by atoms with Gasteiger partial charge in [-0.15, -0.1) is 11.6 Å². The molecule has 4 saturated carbocycles. The van der Waals surface area contributed by atoms with Crippen LogP contribution in [-0.4, -0.2) is 29.8 Å². The van der Waals surface area contributed by atoms with Crippen LogP contribution in [0, 0.1) is 34.5 Å². The van der Waals surface area contributed by atoms with E-state index in [-0.39, 0.29) is 0 Å². The third kappa shape index (κ3) is 2.35. The van der Waals surface area contributed by atoms with E-state index in [2.05, 4.69) is 13.8 Å². The van der Waals surface area contributed by atoms with Gasteiger partial charge >= 0.3 is 0 Å². The minimum absolute atomic E-state index is 0.407. The van der Waals surface area contributed by atoms with Gasteiger partial charge in [0.1, 0.15) is 0 Å². The molecular formula is C21H35ClO2. The van der Waals surface area contributed by atoms with Crippen LogP contribution in [-0.2, 0) is 4.74 Å². The molecule has 0 aromatic rings. The summed E-state index contributed by atoms with van der Waals surface area (Å²) < 4.78 is 5.89. The molecule has 4 aliphatic carbocycles. The Morgan fingerprint density at radius 1 is 0.958 bits per heavy atom. The number of fused-ring (bicyclic) bond motifs is 5. The Hall–Kier alpha value is 0.210. The van der Waals surface area contributed by atoms with Gasteiger partial charge in [-0.2, -0.15) is 0 Å². The summed E-state index contributed by atoms with van der Waals surface area (Å²) in [6, 6.07) is 0. The van der Waals surface area contributed by atoms with Gasteiger partial charge < -0.3 is 9.84 Å². The molecule has 24 heavy (non-hydrogen) atoms. The summed E-state index contributed by atoms with van der Waals surface area (Å²) in [6.45, 7) is 5.06. The summed E-state index contributed by atoms with van der Waals surface area (Å²) in [6.07, 6.45) is 11.4. The first-order chi connectivity index (χ1) is 11.4. The molecule has 0 aromatic carbocycles. The van der Waals surface area contributed by atoms with Crippen LogP contribution < -0.4 is 0 Å². The fraction of sp³-hybridized carbons (Fsp3) is 1.00. The van der Waals surface area contributed by atoms with E-state index in [4.69, 9.17) is 16.3 Å². The third-order valence-corrected chi connectivity index (χ3v) is 9.76. The molecule has 4 fully saturated rings. The van der Waals surface area contributed by atoms with Crippen molar-refractivity contribution in [3.8, 4) is 0 Å². The van der Waals surface area contributed by atoms with Crippen LogP contribution in [0.25, 0.3) is 0 Å². The van der Waals surface area contributed by atoms with Crippen molar-refractivity contribution in [1.82, 2.24) is 0 Å².